The lowest BCUT2D eigenvalue weighted by Crippen LogP contribution is -2.12. The van der Waals surface area contributed by atoms with Crippen LogP contribution in [0.1, 0.15) is 51.8 Å². The lowest BCUT2D eigenvalue weighted by atomic mass is 10.1. The molecule has 0 bridgehead atoms. The molecule has 0 spiro atoms. The maximum atomic E-state index is 5.88. The van der Waals surface area contributed by atoms with E-state index in [0.29, 0.717) is 30.8 Å². The predicted molar refractivity (Wildman–Crippen MR) is 83.6 cm³/mol. The standard InChI is InChI=1S/C16H27N3O2/c1-3-9-17-14-10-16(19-15(18-14)12-20-4-2)21-11-13-7-5-6-8-13/h10,13H,3-9,11-12H2,1-2H3,(H,17,18,19). The second-order valence-corrected chi connectivity index (χ2v) is 5.53. The van der Waals surface area contributed by atoms with Gasteiger partial charge in [-0.3, -0.25) is 0 Å². The van der Waals surface area contributed by atoms with Crippen LogP contribution in [0, 0.1) is 5.92 Å². The van der Waals surface area contributed by atoms with Gasteiger partial charge in [0.25, 0.3) is 0 Å². The Morgan fingerprint density at radius 3 is 2.76 bits per heavy atom. The maximum Gasteiger partial charge on any atom is 0.218 e. The number of hydrogen-bond acceptors (Lipinski definition) is 5. The van der Waals surface area contributed by atoms with Crippen molar-refractivity contribution in [2.45, 2.75) is 52.6 Å². The molecule has 0 unspecified atom stereocenters. The number of anilines is 1. The van der Waals surface area contributed by atoms with Crippen LogP contribution in [-0.2, 0) is 11.3 Å². The largest absolute Gasteiger partial charge is 0.477 e. The van der Waals surface area contributed by atoms with Gasteiger partial charge >= 0.3 is 0 Å². The Hall–Kier alpha value is -1.36. The van der Waals surface area contributed by atoms with Crippen molar-refractivity contribution < 1.29 is 9.47 Å². The minimum Gasteiger partial charge on any atom is -0.477 e. The molecule has 1 aromatic heterocycles. The fraction of sp³-hybridized carbons (Fsp3) is 0.750. The van der Waals surface area contributed by atoms with Crippen molar-refractivity contribution in [3.05, 3.63) is 11.9 Å². The van der Waals surface area contributed by atoms with Crippen molar-refractivity contribution in [2.75, 3.05) is 25.1 Å². The molecular formula is C16H27N3O2. The quantitative estimate of drug-likeness (QED) is 0.756. The lowest BCUT2D eigenvalue weighted by Gasteiger charge is -2.13. The summed E-state index contributed by atoms with van der Waals surface area (Å²) in [5, 5.41) is 3.29. The summed E-state index contributed by atoms with van der Waals surface area (Å²) in [5.41, 5.74) is 0. The molecule has 0 atom stereocenters. The van der Waals surface area contributed by atoms with Gasteiger partial charge in [0.15, 0.2) is 5.82 Å². The fourth-order valence-corrected chi connectivity index (χ4v) is 2.53. The number of ether oxygens (including phenoxy) is 2. The van der Waals surface area contributed by atoms with E-state index in [0.717, 1.165) is 25.4 Å². The topological polar surface area (TPSA) is 56.3 Å². The molecule has 21 heavy (non-hydrogen) atoms. The third-order valence-corrected chi connectivity index (χ3v) is 3.68. The summed E-state index contributed by atoms with van der Waals surface area (Å²) in [5.74, 6) is 2.84. The molecule has 1 aliphatic rings. The van der Waals surface area contributed by atoms with Gasteiger partial charge in [0.05, 0.1) is 6.61 Å². The summed E-state index contributed by atoms with van der Waals surface area (Å²) in [6.45, 7) is 6.85. The number of aromatic nitrogens is 2. The molecule has 118 valence electrons. The van der Waals surface area contributed by atoms with Crippen molar-refractivity contribution in [3.63, 3.8) is 0 Å². The molecule has 0 aliphatic heterocycles. The predicted octanol–water partition coefficient (Wildman–Crippen LogP) is 3.40. The molecule has 1 N–H and O–H groups in total. The molecule has 5 heteroatoms. The van der Waals surface area contributed by atoms with Crippen LogP contribution < -0.4 is 10.1 Å². The summed E-state index contributed by atoms with van der Waals surface area (Å²) in [6.07, 6.45) is 6.27. The van der Waals surface area contributed by atoms with Gasteiger partial charge in [-0.25, -0.2) is 4.98 Å². The second-order valence-electron chi connectivity index (χ2n) is 5.53. The van der Waals surface area contributed by atoms with Crippen LogP contribution in [0.4, 0.5) is 5.82 Å². The van der Waals surface area contributed by atoms with Crippen LogP contribution in [0.3, 0.4) is 0 Å². The molecule has 1 aromatic rings. The molecule has 1 heterocycles. The molecule has 1 saturated carbocycles. The van der Waals surface area contributed by atoms with Crippen molar-refractivity contribution >= 4 is 5.82 Å². The van der Waals surface area contributed by atoms with Gasteiger partial charge in [-0.05, 0) is 32.1 Å². The molecule has 1 fully saturated rings. The summed E-state index contributed by atoms with van der Waals surface area (Å²) in [4.78, 5) is 8.90. The van der Waals surface area contributed by atoms with Gasteiger partial charge < -0.3 is 14.8 Å². The lowest BCUT2D eigenvalue weighted by molar-refractivity contribution is 0.127. The van der Waals surface area contributed by atoms with E-state index in [4.69, 9.17) is 9.47 Å². The van der Waals surface area contributed by atoms with Crippen LogP contribution >= 0.6 is 0 Å². The minimum absolute atomic E-state index is 0.429. The fourth-order valence-electron chi connectivity index (χ4n) is 2.53. The Balaban J connectivity index is 1.98. The van der Waals surface area contributed by atoms with E-state index in [1.165, 1.54) is 25.7 Å². The minimum atomic E-state index is 0.429. The van der Waals surface area contributed by atoms with Gasteiger partial charge in [0.2, 0.25) is 5.88 Å². The van der Waals surface area contributed by atoms with E-state index >= 15 is 0 Å². The average Bonchev–Trinajstić information content (AvgIpc) is 3.02. The molecule has 0 saturated heterocycles. The number of rotatable bonds is 9. The molecule has 5 nitrogen and oxygen atoms in total. The molecule has 0 amide bonds. The van der Waals surface area contributed by atoms with Crippen LogP contribution in [0.5, 0.6) is 5.88 Å². The van der Waals surface area contributed by atoms with E-state index < -0.39 is 0 Å². The first-order valence-corrected chi connectivity index (χ1v) is 8.14. The Morgan fingerprint density at radius 2 is 2.05 bits per heavy atom. The van der Waals surface area contributed by atoms with E-state index in [9.17, 15) is 0 Å². The van der Waals surface area contributed by atoms with E-state index in [2.05, 4.69) is 22.2 Å². The third-order valence-electron chi connectivity index (χ3n) is 3.68. The zero-order valence-electron chi connectivity index (χ0n) is 13.2. The average molecular weight is 293 g/mol. The van der Waals surface area contributed by atoms with Crippen LogP contribution in [0.25, 0.3) is 0 Å². The second kappa shape index (κ2) is 8.82. The van der Waals surface area contributed by atoms with Gasteiger partial charge in [0, 0.05) is 19.2 Å². The Bertz CT molecular complexity index is 394. The summed E-state index contributed by atoms with van der Waals surface area (Å²) >= 11 is 0. The summed E-state index contributed by atoms with van der Waals surface area (Å²) in [6, 6.07) is 1.89. The maximum absolute atomic E-state index is 5.88. The van der Waals surface area contributed by atoms with Gasteiger partial charge in [0.1, 0.15) is 12.4 Å². The normalized spacial score (nSPS) is 15.3. The van der Waals surface area contributed by atoms with E-state index in [1.807, 2.05) is 13.0 Å². The van der Waals surface area contributed by atoms with E-state index in [-0.39, 0.29) is 0 Å². The van der Waals surface area contributed by atoms with Crippen molar-refractivity contribution in [3.8, 4) is 5.88 Å². The highest BCUT2D eigenvalue weighted by Crippen LogP contribution is 2.25. The summed E-state index contributed by atoms with van der Waals surface area (Å²) < 4.78 is 11.3. The first-order chi connectivity index (χ1) is 10.3. The van der Waals surface area contributed by atoms with Crippen LogP contribution in [-0.4, -0.2) is 29.7 Å². The van der Waals surface area contributed by atoms with Crippen LogP contribution in [0.2, 0.25) is 0 Å². The highest BCUT2D eigenvalue weighted by Gasteiger charge is 2.16. The monoisotopic (exact) mass is 293 g/mol. The zero-order chi connectivity index (χ0) is 14.9. The zero-order valence-corrected chi connectivity index (χ0v) is 13.2. The summed E-state index contributed by atoms with van der Waals surface area (Å²) in [7, 11) is 0. The van der Waals surface area contributed by atoms with Crippen molar-refractivity contribution in [2.24, 2.45) is 5.92 Å². The van der Waals surface area contributed by atoms with E-state index in [1.54, 1.807) is 0 Å². The highest BCUT2D eigenvalue weighted by molar-refractivity contribution is 5.38. The first-order valence-electron chi connectivity index (χ1n) is 8.14. The Kier molecular flexibility index (Phi) is 6.73. The van der Waals surface area contributed by atoms with Crippen molar-refractivity contribution in [1.82, 2.24) is 9.97 Å². The SMILES string of the molecule is CCCNc1cc(OCC2CCCC2)nc(COCC)n1. The molecule has 0 radical (unpaired) electrons. The molecule has 0 aromatic carbocycles. The van der Waals surface area contributed by atoms with Crippen LogP contribution in [0.15, 0.2) is 6.07 Å². The highest BCUT2D eigenvalue weighted by atomic mass is 16.5. The van der Waals surface area contributed by atoms with Crippen molar-refractivity contribution in [1.29, 1.82) is 0 Å². The number of nitrogens with zero attached hydrogens (tertiary/aromatic N) is 2. The molecule has 1 aliphatic carbocycles. The van der Waals surface area contributed by atoms with Gasteiger partial charge in [-0.1, -0.05) is 19.8 Å². The number of hydrogen-bond donors (Lipinski definition) is 1. The number of nitrogens with one attached hydrogen (secondary N) is 1. The molecule has 2 rings (SSSR count). The smallest absolute Gasteiger partial charge is 0.218 e. The third kappa shape index (κ3) is 5.50. The molecular weight excluding hydrogens is 266 g/mol. The van der Waals surface area contributed by atoms with Gasteiger partial charge in [-0.2, -0.15) is 4.98 Å². The Labute approximate surface area is 127 Å². The Morgan fingerprint density at radius 1 is 1.24 bits per heavy atom. The first kappa shape index (κ1) is 16.0. The van der Waals surface area contributed by atoms with Gasteiger partial charge in [-0.15, -0.1) is 0 Å².